The van der Waals surface area contributed by atoms with Gasteiger partial charge in [0, 0.05) is 13.6 Å². The molecule has 80 valence electrons. The Labute approximate surface area is 83.0 Å². The monoisotopic (exact) mass is 210 g/mol. The Morgan fingerprint density at radius 3 is 2.40 bits per heavy atom. The van der Waals surface area contributed by atoms with E-state index in [4.69, 9.17) is 0 Å². The van der Waals surface area contributed by atoms with Gasteiger partial charge in [-0.05, 0) is 6.92 Å². The Morgan fingerprint density at radius 1 is 1.13 bits per heavy atom. The second-order valence-electron chi connectivity index (χ2n) is 3.19. The number of hydrogen-bond donors (Lipinski definition) is 2. The molecule has 0 spiro atoms. The molecule has 0 unspecified atom stereocenters. The van der Waals surface area contributed by atoms with E-state index in [-0.39, 0.29) is 16.9 Å². The van der Waals surface area contributed by atoms with Crippen molar-refractivity contribution in [2.75, 3.05) is 0 Å². The van der Waals surface area contributed by atoms with E-state index in [1.165, 1.54) is 16.2 Å². The summed E-state index contributed by atoms with van der Waals surface area (Å²) >= 11 is 0. The van der Waals surface area contributed by atoms with Crippen molar-refractivity contribution in [3.8, 4) is 0 Å². The second kappa shape index (κ2) is 2.97. The Kier molecular flexibility index (Phi) is 1.88. The van der Waals surface area contributed by atoms with Crippen molar-refractivity contribution < 1.29 is 0 Å². The predicted molar refractivity (Wildman–Crippen MR) is 54.1 cm³/mol. The van der Waals surface area contributed by atoms with Crippen molar-refractivity contribution in [2.24, 2.45) is 7.05 Å². The molecule has 0 atom stereocenters. The van der Waals surface area contributed by atoms with Gasteiger partial charge in [0.25, 0.3) is 5.56 Å². The Bertz CT molecular complexity index is 684. The second-order valence-corrected chi connectivity index (χ2v) is 3.19. The first-order valence-corrected chi connectivity index (χ1v) is 4.48. The summed E-state index contributed by atoms with van der Waals surface area (Å²) in [7, 11) is 1.48. The maximum atomic E-state index is 11.5. The zero-order valence-corrected chi connectivity index (χ0v) is 8.33. The van der Waals surface area contributed by atoms with Crippen molar-refractivity contribution in [1.82, 2.24) is 19.1 Å². The zero-order valence-electron chi connectivity index (χ0n) is 8.33. The summed E-state index contributed by atoms with van der Waals surface area (Å²) in [5.74, 6) is 0. The van der Waals surface area contributed by atoms with Crippen LogP contribution in [0.4, 0.5) is 0 Å². The van der Waals surface area contributed by atoms with Crippen LogP contribution in [-0.2, 0) is 13.6 Å². The molecule has 2 rings (SSSR count). The molecule has 0 bridgehead atoms. The van der Waals surface area contributed by atoms with Gasteiger partial charge in [0.15, 0.2) is 5.52 Å². The summed E-state index contributed by atoms with van der Waals surface area (Å²) in [5.41, 5.74) is -1.04. The van der Waals surface area contributed by atoms with Gasteiger partial charge in [0.05, 0.1) is 0 Å². The van der Waals surface area contributed by atoms with E-state index in [0.717, 1.165) is 0 Å². The number of aromatic nitrogens is 4. The quantitative estimate of drug-likeness (QED) is 0.615. The number of rotatable bonds is 1. The van der Waals surface area contributed by atoms with E-state index >= 15 is 0 Å². The highest BCUT2D eigenvalue weighted by atomic mass is 16.2. The van der Waals surface area contributed by atoms with Gasteiger partial charge in [-0.15, -0.1) is 0 Å². The van der Waals surface area contributed by atoms with Crippen molar-refractivity contribution in [3.63, 3.8) is 0 Å². The van der Waals surface area contributed by atoms with Gasteiger partial charge >= 0.3 is 11.4 Å². The molecule has 0 aliphatic carbocycles. The van der Waals surface area contributed by atoms with Crippen LogP contribution >= 0.6 is 0 Å². The standard InChI is InChI=1S/C8H10N4O3/c1-3-12-4-5(9-8(12)15)11(2)7(14)10-6(4)13/h3H2,1-2H3,(H,9,15)(H,10,13,14). The van der Waals surface area contributed by atoms with E-state index in [1.807, 2.05) is 0 Å². The van der Waals surface area contributed by atoms with Crippen LogP contribution in [0.2, 0.25) is 0 Å². The van der Waals surface area contributed by atoms with Gasteiger partial charge in [0.1, 0.15) is 5.65 Å². The molecule has 2 N–H and O–H groups in total. The minimum Gasteiger partial charge on any atom is -0.291 e. The lowest BCUT2D eigenvalue weighted by atomic mass is 10.5. The zero-order chi connectivity index (χ0) is 11.2. The first kappa shape index (κ1) is 9.50. The molecule has 2 heterocycles. The fourth-order valence-corrected chi connectivity index (χ4v) is 1.57. The van der Waals surface area contributed by atoms with E-state index < -0.39 is 11.2 Å². The number of hydrogen-bond acceptors (Lipinski definition) is 3. The van der Waals surface area contributed by atoms with Crippen LogP contribution in [0, 0.1) is 0 Å². The highest BCUT2D eigenvalue weighted by molar-refractivity contribution is 5.69. The van der Waals surface area contributed by atoms with E-state index in [1.54, 1.807) is 6.92 Å². The molecule has 0 aliphatic heterocycles. The molecule has 7 nitrogen and oxygen atoms in total. The normalized spacial score (nSPS) is 11.1. The van der Waals surface area contributed by atoms with Crippen molar-refractivity contribution in [2.45, 2.75) is 13.5 Å². The number of nitrogens with one attached hydrogen (secondary N) is 2. The maximum absolute atomic E-state index is 11.5. The predicted octanol–water partition coefficient (Wildman–Crippen LogP) is -1.26. The minimum atomic E-state index is -0.548. The van der Waals surface area contributed by atoms with Crippen LogP contribution in [0.3, 0.4) is 0 Å². The third kappa shape index (κ3) is 1.16. The third-order valence-electron chi connectivity index (χ3n) is 2.36. The fourth-order valence-electron chi connectivity index (χ4n) is 1.57. The summed E-state index contributed by atoms with van der Waals surface area (Å²) in [6, 6.07) is 0. The Hall–Kier alpha value is -2.05. The first-order valence-electron chi connectivity index (χ1n) is 4.48. The van der Waals surface area contributed by atoms with Crippen molar-refractivity contribution in [1.29, 1.82) is 0 Å². The molecule has 0 saturated heterocycles. The molecule has 0 radical (unpaired) electrons. The van der Waals surface area contributed by atoms with Gasteiger partial charge in [-0.25, -0.2) is 9.59 Å². The number of H-pyrrole nitrogens is 2. The van der Waals surface area contributed by atoms with Crippen LogP contribution < -0.4 is 16.9 Å². The van der Waals surface area contributed by atoms with E-state index in [9.17, 15) is 14.4 Å². The summed E-state index contributed by atoms with van der Waals surface area (Å²) in [6.45, 7) is 2.12. The van der Waals surface area contributed by atoms with Gasteiger partial charge < -0.3 is 0 Å². The molecule has 0 fully saturated rings. The first-order chi connectivity index (χ1) is 7.06. The average molecular weight is 210 g/mol. The molecular formula is C8H10N4O3. The number of nitrogens with zero attached hydrogens (tertiary/aromatic N) is 2. The molecular weight excluding hydrogens is 200 g/mol. The number of aromatic amines is 2. The van der Waals surface area contributed by atoms with Crippen LogP contribution in [0.1, 0.15) is 6.92 Å². The van der Waals surface area contributed by atoms with Gasteiger partial charge in [0.2, 0.25) is 0 Å². The lowest BCUT2D eigenvalue weighted by molar-refractivity contribution is 0.748. The molecule has 0 aliphatic rings. The summed E-state index contributed by atoms with van der Waals surface area (Å²) < 4.78 is 2.48. The lowest BCUT2D eigenvalue weighted by Gasteiger charge is -1.99. The number of fused-ring (bicyclic) bond motifs is 1. The van der Waals surface area contributed by atoms with Crippen molar-refractivity contribution in [3.05, 3.63) is 31.3 Å². The molecule has 0 amide bonds. The highest BCUT2D eigenvalue weighted by Gasteiger charge is 2.12. The summed E-state index contributed by atoms with van der Waals surface area (Å²) in [4.78, 5) is 38.8. The molecule has 0 saturated carbocycles. The van der Waals surface area contributed by atoms with Gasteiger partial charge in [-0.3, -0.25) is 23.9 Å². The van der Waals surface area contributed by atoms with Crippen LogP contribution in [0.25, 0.3) is 11.2 Å². The molecule has 15 heavy (non-hydrogen) atoms. The van der Waals surface area contributed by atoms with Crippen molar-refractivity contribution >= 4 is 11.2 Å². The molecule has 0 aromatic carbocycles. The van der Waals surface area contributed by atoms with Crippen LogP contribution in [0.15, 0.2) is 14.4 Å². The van der Waals surface area contributed by atoms with E-state index in [0.29, 0.717) is 6.54 Å². The number of aryl methyl sites for hydroxylation is 2. The van der Waals surface area contributed by atoms with Gasteiger partial charge in [-0.1, -0.05) is 0 Å². The van der Waals surface area contributed by atoms with E-state index in [2.05, 4.69) is 9.97 Å². The largest absolute Gasteiger partial charge is 0.329 e. The maximum Gasteiger partial charge on any atom is 0.329 e. The molecule has 7 heteroatoms. The number of imidazole rings is 1. The smallest absolute Gasteiger partial charge is 0.291 e. The lowest BCUT2D eigenvalue weighted by Crippen LogP contribution is -2.29. The summed E-state index contributed by atoms with van der Waals surface area (Å²) in [6.07, 6.45) is 0. The Morgan fingerprint density at radius 2 is 1.80 bits per heavy atom. The summed E-state index contributed by atoms with van der Waals surface area (Å²) in [5, 5.41) is 0. The highest BCUT2D eigenvalue weighted by Crippen LogP contribution is 1.99. The molecule has 2 aromatic heterocycles. The average Bonchev–Trinajstić information content (AvgIpc) is 2.52. The minimum absolute atomic E-state index is 0.199. The SMILES string of the molecule is CCn1c(=O)[nH]c2c1c(=O)[nH]c(=O)n2C. The van der Waals surface area contributed by atoms with Gasteiger partial charge in [-0.2, -0.15) is 0 Å². The Balaban J connectivity index is 3.17. The van der Waals surface area contributed by atoms with Crippen LogP contribution in [0.5, 0.6) is 0 Å². The molecule has 2 aromatic rings. The van der Waals surface area contributed by atoms with Crippen LogP contribution in [-0.4, -0.2) is 19.1 Å². The third-order valence-corrected chi connectivity index (χ3v) is 2.36. The topological polar surface area (TPSA) is 92.7 Å². The fraction of sp³-hybridized carbons (Fsp3) is 0.375.